The quantitative estimate of drug-likeness (QED) is 0.233. The summed E-state index contributed by atoms with van der Waals surface area (Å²) in [4.78, 5) is 18.7. The molecule has 2 aliphatic heterocycles. The summed E-state index contributed by atoms with van der Waals surface area (Å²) in [5.41, 5.74) is 4.29. The van der Waals surface area contributed by atoms with E-state index in [-0.39, 0.29) is 11.4 Å². The van der Waals surface area contributed by atoms with Gasteiger partial charge in [0.15, 0.2) is 5.17 Å². The van der Waals surface area contributed by atoms with Gasteiger partial charge in [-0.25, -0.2) is 0 Å². The average Bonchev–Trinajstić information content (AvgIpc) is 3.43. The van der Waals surface area contributed by atoms with Gasteiger partial charge in [0.1, 0.15) is 30.5 Å². The third-order valence-electron chi connectivity index (χ3n) is 7.45. The van der Waals surface area contributed by atoms with Gasteiger partial charge in [0.2, 0.25) is 0 Å². The Labute approximate surface area is 238 Å². The molecular weight excluding hydrogens is 518 g/mol. The second-order valence-electron chi connectivity index (χ2n) is 10.1. The maximum Gasteiger partial charge on any atom is 0.283 e. The van der Waals surface area contributed by atoms with E-state index in [0.29, 0.717) is 30.0 Å². The number of rotatable bonds is 8. The number of nitrogens with zero attached hydrogens (tertiary/aromatic N) is 2. The molecule has 6 nitrogen and oxygen atoms in total. The highest BCUT2D eigenvalue weighted by molar-refractivity contribution is 8.17. The lowest BCUT2D eigenvalue weighted by Gasteiger charge is -2.26. The molecule has 1 aliphatic carbocycles. The first kappa shape index (κ1) is 26.1. The van der Waals surface area contributed by atoms with Crippen molar-refractivity contribution in [3.63, 3.8) is 0 Å². The summed E-state index contributed by atoms with van der Waals surface area (Å²) < 4.78 is 11.7. The van der Waals surface area contributed by atoms with E-state index in [1.807, 2.05) is 60.0 Å². The van der Waals surface area contributed by atoms with Crippen LogP contribution in [0.1, 0.15) is 54.7 Å². The Morgan fingerprint density at radius 1 is 0.875 bits per heavy atom. The minimum Gasteiger partial charge on any atom is -0.490 e. The number of hydrogen-bond donors (Lipinski definition) is 1. The molecule has 3 aliphatic rings. The number of amides is 1. The molecule has 0 radical (unpaired) electrons. The summed E-state index contributed by atoms with van der Waals surface area (Å²) in [5.74, 6) is 1.99. The van der Waals surface area contributed by atoms with Crippen LogP contribution in [0.25, 0.3) is 11.8 Å². The van der Waals surface area contributed by atoms with Gasteiger partial charge in [-0.2, -0.15) is 4.99 Å². The molecule has 1 amide bonds. The molecule has 3 aromatic rings. The lowest BCUT2D eigenvalue weighted by Crippen LogP contribution is -2.38. The largest absolute Gasteiger partial charge is 0.490 e. The van der Waals surface area contributed by atoms with Gasteiger partial charge in [-0.15, -0.1) is 0 Å². The molecular formula is C33H31N3O3S. The molecule has 1 N–H and O–H groups in total. The number of aliphatic imine (C=N–C) groups is 1. The van der Waals surface area contributed by atoms with Crippen LogP contribution in [0.4, 0.5) is 0 Å². The highest BCUT2D eigenvalue weighted by atomic mass is 32.2. The van der Waals surface area contributed by atoms with Crippen molar-refractivity contribution in [2.45, 2.75) is 38.0 Å². The monoisotopic (exact) mass is 549 g/mol. The summed E-state index contributed by atoms with van der Waals surface area (Å²) >= 11 is 1.36. The number of thioether (sulfide) groups is 1. The Kier molecular flexibility index (Phi) is 7.82. The van der Waals surface area contributed by atoms with Crippen LogP contribution in [0.3, 0.4) is 0 Å². The predicted molar refractivity (Wildman–Crippen MR) is 162 cm³/mol. The van der Waals surface area contributed by atoms with E-state index in [2.05, 4.69) is 29.3 Å². The molecule has 3 aromatic carbocycles. The molecule has 7 heteroatoms. The highest BCUT2D eigenvalue weighted by Gasteiger charge is 2.36. The topological polar surface area (TPSA) is 75.0 Å². The van der Waals surface area contributed by atoms with E-state index in [1.54, 1.807) is 11.0 Å². The minimum absolute atomic E-state index is 0.124. The molecule has 0 atom stereocenters. The van der Waals surface area contributed by atoms with Crippen LogP contribution < -0.4 is 9.47 Å². The maximum atomic E-state index is 12.8. The Morgan fingerprint density at radius 3 is 2.20 bits per heavy atom. The van der Waals surface area contributed by atoms with Crippen LogP contribution >= 0.6 is 11.8 Å². The first-order chi connectivity index (χ1) is 19.7. The maximum absolute atomic E-state index is 12.8. The third kappa shape index (κ3) is 5.75. The molecule has 1 fully saturated rings. The van der Waals surface area contributed by atoms with E-state index in [9.17, 15) is 4.79 Å². The Hall–Kier alpha value is -4.10. The molecule has 0 aromatic heterocycles. The van der Waals surface area contributed by atoms with E-state index in [4.69, 9.17) is 14.9 Å². The molecule has 2 heterocycles. The zero-order valence-corrected chi connectivity index (χ0v) is 23.0. The van der Waals surface area contributed by atoms with Gasteiger partial charge in [-0.1, -0.05) is 85.6 Å². The number of amidine groups is 2. The van der Waals surface area contributed by atoms with Gasteiger partial charge in [0, 0.05) is 5.41 Å². The second kappa shape index (κ2) is 12.0. The van der Waals surface area contributed by atoms with Crippen molar-refractivity contribution in [1.29, 1.82) is 5.41 Å². The average molecular weight is 550 g/mol. The highest BCUT2D eigenvalue weighted by Crippen LogP contribution is 2.37. The number of carbonyl (C=O) groups is 1. The van der Waals surface area contributed by atoms with Gasteiger partial charge in [-0.05, 0) is 65.8 Å². The van der Waals surface area contributed by atoms with Crippen LogP contribution in [0.2, 0.25) is 0 Å². The Morgan fingerprint density at radius 2 is 1.52 bits per heavy atom. The van der Waals surface area contributed by atoms with Crippen molar-refractivity contribution in [3.8, 4) is 11.5 Å². The van der Waals surface area contributed by atoms with E-state index >= 15 is 0 Å². The zero-order valence-electron chi connectivity index (χ0n) is 22.2. The number of ether oxygens (including phenoxy) is 2. The fourth-order valence-corrected chi connectivity index (χ4v) is 6.22. The SMILES string of the molecule is N=C1/C(=C/c2ccc(OCCOc3ccc(C4CCCCC4)cc3)cc2)C(=O)N=C2SC=C(c3ccccc3)N12. The smallest absolute Gasteiger partial charge is 0.283 e. The van der Waals surface area contributed by atoms with E-state index in [1.165, 1.54) is 49.4 Å². The molecule has 0 spiro atoms. The number of benzene rings is 3. The minimum atomic E-state index is -0.407. The lowest BCUT2D eigenvalue weighted by atomic mass is 9.84. The summed E-state index contributed by atoms with van der Waals surface area (Å²) in [6.45, 7) is 0.873. The van der Waals surface area contributed by atoms with Crippen molar-refractivity contribution in [1.82, 2.24) is 4.90 Å². The van der Waals surface area contributed by atoms with Crippen molar-refractivity contribution in [3.05, 3.63) is 107 Å². The summed E-state index contributed by atoms with van der Waals surface area (Å²) in [6.07, 6.45) is 8.33. The zero-order chi connectivity index (χ0) is 27.3. The standard InChI is InChI=1S/C33H31N3O3S/c34-31-29(32(37)35-33-36(31)30(22-40-33)26-9-5-2-6-10-26)21-23-11-15-27(16-12-23)38-19-20-39-28-17-13-25(14-18-28)24-7-3-1-4-8-24/h2,5-6,9-18,21-22,24,34H,1,3-4,7-8,19-20H2/b29-21-,34-31?. The van der Waals surface area contributed by atoms with Gasteiger partial charge < -0.3 is 9.47 Å². The van der Waals surface area contributed by atoms with Gasteiger partial charge in [0.05, 0.1) is 11.3 Å². The second-order valence-corrected chi connectivity index (χ2v) is 10.9. The molecule has 0 bridgehead atoms. The first-order valence-corrected chi connectivity index (χ1v) is 14.7. The predicted octanol–water partition coefficient (Wildman–Crippen LogP) is 7.50. The molecule has 0 saturated heterocycles. The summed E-state index contributed by atoms with van der Waals surface area (Å²) in [5, 5.41) is 11.2. The molecule has 1 saturated carbocycles. The van der Waals surface area contributed by atoms with Crippen LogP contribution in [-0.4, -0.2) is 35.0 Å². The van der Waals surface area contributed by atoms with Crippen molar-refractivity contribution in [2.24, 2.45) is 4.99 Å². The third-order valence-corrected chi connectivity index (χ3v) is 8.28. The van der Waals surface area contributed by atoms with Crippen LogP contribution in [0, 0.1) is 5.41 Å². The van der Waals surface area contributed by atoms with Crippen LogP contribution in [0.15, 0.2) is 94.8 Å². The summed E-state index contributed by atoms with van der Waals surface area (Å²) in [6, 6.07) is 25.8. The van der Waals surface area contributed by atoms with Crippen molar-refractivity contribution >= 4 is 40.4 Å². The van der Waals surface area contributed by atoms with E-state index in [0.717, 1.165) is 22.6 Å². The molecule has 40 heavy (non-hydrogen) atoms. The fraction of sp³-hybridized carbons (Fsp3) is 0.242. The van der Waals surface area contributed by atoms with Crippen molar-refractivity contribution in [2.75, 3.05) is 13.2 Å². The normalized spacial score (nSPS) is 18.4. The molecule has 0 unspecified atom stereocenters. The van der Waals surface area contributed by atoms with Gasteiger partial charge in [0.25, 0.3) is 5.91 Å². The van der Waals surface area contributed by atoms with Gasteiger partial charge in [-0.3, -0.25) is 15.1 Å². The molecule has 202 valence electrons. The number of fused-ring (bicyclic) bond motifs is 1. The van der Waals surface area contributed by atoms with Crippen LogP contribution in [-0.2, 0) is 4.79 Å². The van der Waals surface area contributed by atoms with E-state index < -0.39 is 5.91 Å². The van der Waals surface area contributed by atoms with Crippen molar-refractivity contribution < 1.29 is 14.3 Å². The number of hydrogen-bond acceptors (Lipinski definition) is 5. The van der Waals surface area contributed by atoms with Crippen LogP contribution in [0.5, 0.6) is 11.5 Å². The molecule has 6 rings (SSSR count). The number of carbonyl (C=O) groups excluding carboxylic acids is 1. The van der Waals surface area contributed by atoms with Gasteiger partial charge >= 0.3 is 0 Å². The summed E-state index contributed by atoms with van der Waals surface area (Å²) in [7, 11) is 0. The number of nitrogens with one attached hydrogen (secondary N) is 1. The Balaban J connectivity index is 1.03. The Bertz CT molecular complexity index is 1470. The lowest BCUT2D eigenvalue weighted by molar-refractivity contribution is -0.114. The first-order valence-electron chi connectivity index (χ1n) is 13.8. The fourth-order valence-electron chi connectivity index (χ4n) is 5.33.